The normalized spacial score (nSPS) is 20.8. The highest BCUT2D eigenvalue weighted by atomic mass is 32.2. The number of sulfonamides is 1. The molecular weight excluding hydrogens is 276 g/mol. The molecule has 0 aliphatic carbocycles. The Balaban J connectivity index is 1.79. The summed E-state index contributed by atoms with van der Waals surface area (Å²) in [5.74, 6) is 1.43. The SMILES string of the molecule is C[C@@H]1CCCN(CCOc2ccc(S(N)(=O)=O)cc2)C1. The van der Waals surface area contributed by atoms with Crippen LogP contribution in [0.3, 0.4) is 0 Å². The molecule has 0 saturated carbocycles. The molecule has 0 spiro atoms. The van der Waals surface area contributed by atoms with Crippen LogP contribution in [0.5, 0.6) is 5.75 Å². The zero-order chi connectivity index (χ0) is 14.6. The number of hydrogen-bond acceptors (Lipinski definition) is 4. The minimum absolute atomic E-state index is 0.106. The van der Waals surface area contributed by atoms with Gasteiger partial charge in [0.1, 0.15) is 12.4 Å². The Hall–Kier alpha value is -1.11. The van der Waals surface area contributed by atoms with Gasteiger partial charge in [-0.2, -0.15) is 0 Å². The maximum absolute atomic E-state index is 11.1. The van der Waals surface area contributed by atoms with Crippen molar-refractivity contribution in [3.8, 4) is 5.75 Å². The first-order valence-electron chi connectivity index (χ1n) is 6.93. The highest BCUT2D eigenvalue weighted by Gasteiger charge is 2.15. The van der Waals surface area contributed by atoms with Crippen molar-refractivity contribution in [1.29, 1.82) is 0 Å². The van der Waals surface area contributed by atoms with E-state index in [0.29, 0.717) is 12.4 Å². The summed E-state index contributed by atoms with van der Waals surface area (Å²) in [6, 6.07) is 6.21. The van der Waals surface area contributed by atoms with Gasteiger partial charge < -0.3 is 4.74 Å². The third kappa shape index (κ3) is 4.47. The number of nitrogens with zero attached hydrogens (tertiary/aromatic N) is 1. The fourth-order valence-electron chi connectivity index (χ4n) is 2.51. The molecule has 5 nitrogen and oxygen atoms in total. The highest BCUT2D eigenvalue weighted by molar-refractivity contribution is 7.89. The predicted molar refractivity (Wildman–Crippen MR) is 78.1 cm³/mol. The fourth-order valence-corrected chi connectivity index (χ4v) is 3.02. The van der Waals surface area contributed by atoms with E-state index in [1.807, 2.05) is 0 Å². The van der Waals surface area contributed by atoms with Gasteiger partial charge >= 0.3 is 0 Å². The summed E-state index contributed by atoms with van der Waals surface area (Å²) in [6.45, 7) is 6.06. The molecule has 1 aliphatic heterocycles. The van der Waals surface area contributed by atoms with Crippen molar-refractivity contribution in [1.82, 2.24) is 4.90 Å². The topological polar surface area (TPSA) is 72.6 Å². The molecule has 0 unspecified atom stereocenters. The molecule has 0 aromatic heterocycles. The minimum Gasteiger partial charge on any atom is -0.492 e. The monoisotopic (exact) mass is 298 g/mol. The van der Waals surface area contributed by atoms with Crippen LogP contribution in [-0.4, -0.2) is 39.6 Å². The number of primary sulfonamides is 1. The van der Waals surface area contributed by atoms with Crippen LogP contribution in [0.25, 0.3) is 0 Å². The van der Waals surface area contributed by atoms with Gasteiger partial charge in [-0.1, -0.05) is 6.92 Å². The molecule has 1 aromatic carbocycles. The van der Waals surface area contributed by atoms with E-state index < -0.39 is 10.0 Å². The Morgan fingerprint density at radius 2 is 2.05 bits per heavy atom. The van der Waals surface area contributed by atoms with Crippen molar-refractivity contribution in [3.63, 3.8) is 0 Å². The quantitative estimate of drug-likeness (QED) is 0.893. The Kier molecular flexibility index (Phi) is 5.01. The molecular formula is C14H22N2O3S. The van der Waals surface area contributed by atoms with E-state index in [9.17, 15) is 8.42 Å². The van der Waals surface area contributed by atoms with Crippen LogP contribution < -0.4 is 9.88 Å². The smallest absolute Gasteiger partial charge is 0.238 e. The van der Waals surface area contributed by atoms with E-state index in [1.165, 1.54) is 25.0 Å². The zero-order valence-electron chi connectivity index (χ0n) is 11.8. The highest BCUT2D eigenvalue weighted by Crippen LogP contribution is 2.16. The van der Waals surface area contributed by atoms with Gasteiger partial charge in [-0.15, -0.1) is 0 Å². The van der Waals surface area contributed by atoms with Crippen molar-refractivity contribution >= 4 is 10.0 Å². The molecule has 1 heterocycles. The van der Waals surface area contributed by atoms with E-state index in [4.69, 9.17) is 9.88 Å². The van der Waals surface area contributed by atoms with Crippen LogP contribution in [0.15, 0.2) is 29.2 Å². The summed E-state index contributed by atoms with van der Waals surface area (Å²) >= 11 is 0. The number of hydrogen-bond donors (Lipinski definition) is 1. The number of ether oxygens (including phenoxy) is 1. The van der Waals surface area contributed by atoms with Crippen LogP contribution >= 0.6 is 0 Å². The predicted octanol–water partition coefficient (Wildman–Crippen LogP) is 1.44. The average Bonchev–Trinajstić information content (AvgIpc) is 2.38. The standard InChI is InChI=1S/C14H22N2O3S/c1-12-3-2-8-16(11-12)9-10-19-13-4-6-14(7-5-13)20(15,17)18/h4-7,12H,2-3,8-11H2,1H3,(H2,15,17,18)/t12-/m1/s1. The van der Waals surface area contributed by atoms with E-state index in [0.717, 1.165) is 25.6 Å². The number of benzene rings is 1. The van der Waals surface area contributed by atoms with Gasteiger partial charge in [0.15, 0.2) is 0 Å². The lowest BCUT2D eigenvalue weighted by Gasteiger charge is -2.30. The van der Waals surface area contributed by atoms with Crippen LogP contribution in [0.1, 0.15) is 19.8 Å². The van der Waals surface area contributed by atoms with Crippen LogP contribution in [0.4, 0.5) is 0 Å². The maximum Gasteiger partial charge on any atom is 0.238 e. The van der Waals surface area contributed by atoms with E-state index in [2.05, 4.69) is 11.8 Å². The summed E-state index contributed by atoms with van der Waals surface area (Å²) in [5, 5.41) is 5.04. The van der Waals surface area contributed by atoms with Crippen molar-refractivity contribution in [2.45, 2.75) is 24.7 Å². The largest absolute Gasteiger partial charge is 0.492 e. The molecule has 0 amide bonds. The Labute approximate surface area is 120 Å². The van der Waals surface area contributed by atoms with Gasteiger partial charge in [0.2, 0.25) is 10.0 Å². The molecule has 6 heteroatoms. The van der Waals surface area contributed by atoms with Crippen molar-refractivity contribution < 1.29 is 13.2 Å². The summed E-state index contributed by atoms with van der Waals surface area (Å²) < 4.78 is 27.9. The molecule has 0 bridgehead atoms. The van der Waals surface area contributed by atoms with Crippen molar-refractivity contribution in [2.75, 3.05) is 26.2 Å². The zero-order valence-corrected chi connectivity index (χ0v) is 12.6. The second kappa shape index (κ2) is 6.56. The number of likely N-dealkylation sites (tertiary alicyclic amines) is 1. The molecule has 1 atom stereocenters. The Morgan fingerprint density at radius 1 is 1.35 bits per heavy atom. The molecule has 20 heavy (non-hydrogen) atoms. The Bertz CT molecular complexity index is 528. The van der Waals surface area contributed by atoms with E-state index >= 15 is 0 Å². The fraction of sp³-hybridized carbons (Fsp3) is 0.571. The first-order valence-corrected chi connectivity index (χ1v) is 8.48. The minimum atomic E-state index is -3.63. The van der Waals surface area contributed by atoms with E-state index in [1.54, 1.807) is 12.1 Å². The van der Waals surface area contributed by atoms with Gasteiger partial charge in [-0.05, 0) is 49.6 Å². The summed E-state index contributed by atoms with van der Waals surface area (Å²) in [5.41, 5.74) is 0. The van der Waals surface area contributed by atoms with Gasteiger partial charge in [-0.25, -0.2) is 13.6 Å². The van der Waals surface area contributed by atoms with Gasteiger partial charge in [-0.3, -0.25) is 4.90 Å². The number of rotatable bonds is 5. The third-order valence-corrected chi connectivity index (χ3v) is 4.50. The lowest BCUT2D eigenvalue weighted by Crippen LogP contribution is -2.37. The first kappa shape index (κ1) is 15.3. The Morgan fingerprint density at radius 3 is 2.65 bits per heavy atom. The van der Waals surface area contributed by atoms with Gasteiger partial charge in [0.05, 0.1) is 4.90 Å². The summed E-state index contributed by atoms with van der Waals surface area (Å²) in [4.78, 5) is 2.52. The maximum atomic E-state index is 11.1. The molecule has 1 aliphatic rings. The number of piperidine rings is 1. The second-order valence-electron chi connectivity index (χ2n) is 5.41. The first-order chi connectivity index (χ1) is 9.45. The molecule has 0 radical (unpaired) electrons. The number of nitrogens with two attached hydrogens (primary N) is 1. The van der Waals surface area contributed by atoms with E-state index in [-0.39, 0.29) is 4.90 Å². The van der Waals surface area contributed by atoms with Crippen LogP contribution in [-0.2, 0) is 10.0 Å². The molecule has 2 rings (SSSR count). The average molecular weight is 298 g/mol. The molecule has 112 valence electrons. The van der Waals surface area contributed by atoms with Gasteiger partial charge in [0, 0.05) is 13.1 Å². The van der Waals surface area contributed by atoms with Crippen molar-refractivity contribution in [3.05, 3.63) is 24.3 Å². The van der Waals surface area contributed by atoms with Crippen LogP contribution in [0.2, 0.25) is 0 Å². The molecule has 1 aromatic rings. The second-order valence-corrected chi connectivity index (χ2v) is 6.97. The molecule has 1 saturated heterocycles. The molecule has 2 N–H and O–H groups in total. The van der Waals surface area contributed by atoms with Crippen molar-refractivity contribution in [2.24, 2.45) is 11.1 Å². The van der Waals surface area contributed by atoms with Crippen LogP contribution in [0, 0.1) is 5.92 Å². The summed E-state index contributed by atoms with van der Waals surface area (Å²) in [6.07, 6.45) is 2.57. The summed E-state index contributed by atoms with van der Waals surface area (Å²) in [7, 11) is -3.63. The lowest BCUT2D eigenvalue weighted by molar-refractivity contribution is 0.153. The van der Waals surface area contributed by atoms with Gasteiger partial charge in [0.25, 0.3) is 0 Å². The molecule has 1 fully saturated rings. The lowest BCUT2D eigenvalue weighted by atomic mass is 10.0. The third-order valence-electron chi connectivity index (χ3n) is 3.57.